The van der Waals surface area contributed by atoms with Gasteiger partial charge >= 0.3 is 0 Å². The Hall–Kier alpha value is 0. The Morgan fingerprint density at radius 1 is 1.23 bits per heavy atom. The van der Waals surface area contributed by atoms with Crippen LogP contribution in [0.4, 0.5) is 0 Å². The number of hydrogen-bond acceptors (Lipinski definition) is 0. The summed E-state index contributed by atoms with van der Waals surface area (Å²) in [5.74, 6) is 4.23. The standard InChI is InChI=1S/C13H24/c1-5-11(6-2)13(4)9(3)12(13)10-7-8-10/h9-12H,5-8H2,1-4H3. The summed E-state index contributed by atoms with van der Waals surface area (Å²) in [5.41, 5.74) is 0.727. The van der Waals surface area contributed by atoms with E-state index in [2.05, 4.69) is 27.7 Å². The normalized spacial score (nSPS) is 44.1. The molecule has 0 aliphatic heterocycles. The molecule has 2 saturated carbocycles. The molecule has 0 N–H and O–H groups in total. The van der Waals surface area contributed by atoms with Gasteiger partial charge in [-0.3, -0.25) is 0 Å². The topological polar surface area (TPSA) is 0 Å². The zero-order chi connectivity index (χ0) is 9.64. The molecule has 0 saturated heterocycles. The highest BCUT2D eigenvalue weighted by molar-refractivity contribution is 5.13. The Bertz CT molecular complexity index is 184. The quantitative estimate of drug-likeness (QED) is 0.611. The molecule has 2 rings (SSSR count). The van der Waals surface area contributed by atoms with Crippen molar-refractivity contribution in [3.63, 3.8) is 0 Å². The van der Waals surface area contributed by atoms with Gasteiger partial charge in [-0.1, -0.05) is 40.5 Å². The summed E-state index contributed by atoms with van der Waals surface area (Å²) >= 11 is 0. The SMILES string of the molecule is CCC(CC)C1(C)C(C)C1C1CC1. The van der Waals surface area contributed by atoms with Gasteiger partial charge in [0.25, 0.3) is 0 Å². The second-order valence-corrected chi connectivity index (χ2v) is 5.53. The van der Waals surface area contributed by atoms with Crippen molar-refractivity contribution in [2.45, 2.75) is 53.4 Å². The highest BCUT2D eigenvalue weighted by Gasteiger charge is 2.65. The van der Waals surface area contributed by atoms with Crippen LogP contribution in [-0.4, -0.2) is 0 Å². The van der Waals surface area contributed by atoms with Gasteiger partial charge in [-0.2, -0.15) is 0 Å². The van der Waals surface area contributed by atoms with Crippen LogP contribution >= 0.6 is 0 Å². The molecule has 0 aromatic rings. The third kappa shape index (κ3) is 1.25. The molecule has 0 aromatic carbocycles. The van der Waals surface area contributed by atoms with Gasteiger partial charge in [-0.25, -0.2) is 0 Å². The number of rotatable bonds is 4. The Labute approximate surface area is 83.1 Å². The molecular weight excluding hydrogens is 156 g/mol. The summed E-state index contributed by atoms with van der Waals surface area (Å²) in [4.78, 5) is 0. The van der Waals surface area contributed by atoms with Crippen LogP contribution in [0.3, 0.4) is 0 Å². The summed E-state index contributed by atoms with van der Waals surface area (Å²) in [7, 11) is 0. The van der Waals surface area contributed by atoms with E-state index in [1.807, 2.05) is 0 Å². The van der Waals surface area contributed by atoms with E-state index in [0.717, 1.165) is 29.1 Å². The first kappa shape index (κ1) is 9.55. The van der Waals surface area contributed by atoms with Crippen molar-refractivity contribution in [2.24, 2.45) is 29.1 Å². The average Bonchev–Trinajstić information content (AvgIpc) is 2.96. The molecule has 0 spiro atoms. The van der Waals surface area contributed by atoms with Crippen LogP contribution < -0.4 is 0 Å². The molecule has 0 bridgehead atoms. The van der Waals surface area contributed by atoms with E-state index < -0.39 is 0 Å². The molecule has 76 valence electrons. The molecule has 0 radical (unpaired) electrons. The first-order valence-corrected chi connectivity index (χ1v) is 6.16. The van der Waals surface area contributed by atoms with Gasteiger partial charge in [-0.05, 0) is 41.9 Å². The maximum Gasteiger partial charge on any atom is -0.0235 e. The first-order valence-electron chi connectivity index (χ1n) is 6.16. The Morgan fingerprint density at radius 3 is 2.15 bits per heavy atom. The maximum absolute atomic E-state index is 2.55. The van der Waals surface area contributed by atoms with Crippen LogP contribution in [0.5, 0.6) is 0 Å². The van der Waals surface area contributed by atoms with Crippen LogP contribution in [0.15, 0.2) is 0 Å². The predicted molar refractivity (Wildman–Crippen MR) is 57.6 cm³/mol. The molecule has 13 heavy (non-hydrogen) atoms. The van der Waals surface area contributed by atoms with Crippen molar-refractivity contribution < 1.29 is 0 Å². The molecule has 0 heteroatoms. The first-order chi connectivity index (χ1) is 6.16. The summed E-state index contributed by atoms with van der Waals surface area (Å²) in [5, 5.41) is 0. The molecule has 2 aliphatic carbocycles. The van der Waals surface area contributed by atoms with Crippen LogP contribution in [0, 0.1) is 29.1 Å². The van der Waals surface area contributed by atoms with Gasteiger partial charge in [0.05, 0.1) is 0 Å². The van der Waals surface area contributed by atoms with E-state index >= 15 is 0 Å². The minimum Gasteiger partial charge on any atom is -0.0651 e. The van der Waals surface area contributed by atoms with Crippen molar-refractivity contribution in [3.05, 3.63) is 0 Å². The minimum absolute atomic E-state index is 0.727. The Morgan fingerprint density at radius 2 is 1.77 bits per heavy atom. The van der Waals surface area contributed by atoms with E-state index in [0.29, 0.717) is 0 Å². The van der Waals surface area contributed by atoms with Crippen molar-refractivity contribution in [1.29, 1.82) is 0 Å². The van der Waals surface area contributed by atoms with Gasteiger partial charge in [0.2, 0.25) is 0 Å². The van der Waals surface area contributed by atoms with Crippen LogP contribution in [0.1, 0.15) is 53.4 Å². The smallest absolute Gasteiger partial charge is 0.0235 e. The lowest BCUT2D eigenvalue weighted by molar-refractivity contribution is 0.267. The molecule has 3 unspecified atom stereocenters. The fourth-order valence-corrected chi connectivity index (χ4v) is 3.98. The van der Waals surface area contributed by atoms with Gasteiger partial charge in [0.1, 0.15) is 0 Å². The van der Waals surface area contributed by atoms with Crippen molar-refractivity contribution in [3.8, 4) is 0 Å². The molecule has 0 nitrogen and oxygen atoms in total. The number of hydrogen-bond donors (Lipinski definition) is 0. The van der Waals surface area contributed by atoms with Crippen LogP contribution in [-0.2, 0) is 0 Å². The van der Waals surface area contributed by atoms with E-state index in [1.165, 1.54) is 25.7 Å². The zero-order valence-electron chi connectivity index (χ0n) is 9.64. The molecule has 0 aromatic heterocycles. The molecule has 2 fully saturated rings. The van der Waals surface area contributed by atoms with Crippen molar-refractivity contribution in [1.82, 2.24) is 0 Å². The highest BCUT2D eigenvalue weighted by Crippen LogP contribution is 2.71. The van der Waals surface area contributed by atoms with E-state index in [4.69, 9.17) is 0 Å². The minimum atomic E-state index is 0.727. The predicted octanol–water partition coefficient (Wildman–Crippen LogP) is 4.10. The fourth-order valence-electron chi connectivity index (χ4n) is 3.98. The third-order valence-corrected chi connectivity index (χ3v) is 5.12. The molecular formula is C13H24. The van der Waals surface area contributed by atoms with E-state index in [9.17, 15) is 0 Å². The summed E-state index contributed by atoms with van der Waals surface area (Å²) in [6, 6.07) is 0. The summed E-state index contributed by atoms with van der Waals surface area (Å²) in [6.07, 6.45) is 5.84. The van der Waals surface area contributed by atoms with Crippen molar-refractivity contribution >= 4 is 0 Å². The summed E-state index contributed by atoms with van der Waals surface area (Å²) < 4.78 is 0. The summed E-state index contributed by atoms with van der Waals surface area (Å²) in [6.45, 7) is 9.78. The second kappa shape index (κ2) is 3.00. The largest absolute Gasteiger partial charge is 0.0651 e. The highest BCUT2D eigenvalue weighted by atomic mass is 14.7. The van der Waals surface area contributed by atoms with Crippen molar-refractivity contribution in [2.75, 3.05) is 0 Å². The van der Waals surface area contributed by atoms with Gasteiger partial charge < -0.3 is 0 Å². The van der Waals surface area contributed by atoms with Gasteiger partial charge in [-0.15, -0.1) is 0 Å². The Kier molecular flexibility index (Phi) is 2.20. The van der Waals surface area contributed by atoms with Gasteiger partial charge in [0.15, 0.2) is 0 Å². The molecule has 2 aliphatic rings. The fraction of sp³-hybridized carbons (Fsp3) is 1.00. The van der Waals surface area contributed by atoms with Crippen LogP contribution in [0.2, 0.25) is 0 Å². The molecule has 0 heterocycles. The lowest BCUT2D eigenvalue weighted by Gasteiger charge is -2.22. The third-order valence-electron chi connectivity index (χ3n) is 5.12. The zero-order valence-corrected chi connectivity index (χ0v) is 9.64. The molecule has 3 atom stereocenters. The Balaban J connectivity index is 2.04. The molecule has 0 amide bonds. The van der Waals surface area contributed by atoms with E-state index in [1.54, 1.807) is 0 Å². The maximum atomic E-state index is 2.55. The average molecular weight is 180 g/mol. The van der Waals surface area contributed by atoms with Crippen LogP contribution in [0.25, 0.3) is 0 Å². The van der Waals surface area contributed by atoms with E-state index in [-0.39, 0.29) is 0 Å². The van der Waals surface area contributed by atoms with Gasteiger partial charge in [0, 0.05) is 0 Å². The lowest BCUT2D eigenvalue weighted by Crippen LogP contribution is -2.15. The lowest BCUT2D eigenvalue weighted by atomic mass is 9.82. The monoisotopic (exact) mass is 180 g/mol. The second-order valence-electron chi connectivity index (χ2n) is 5.53.